The van der Waals surface area contributed by atoms with Crippen LogP contribution in [0.5, 0.6) is 0 Å². The van der Waals surface area contributed by atoms with Gasteiger partial charge in [0.15, 0.2) is 0 Å². The Labute approximate surface area is 129 Å². The van der Waals surface area contributed by atoms with Gasteiger partial charge in [0.2, 0.25) is 0 Å². The summed E-state index contributed by atoms with van der Waals surface area (Å²) in [6.45, 7) is 5.73. The quantitative estimate of drug-likeness (QED) is 0.640. The van der Waals surface area contributed by atoms with Gasteiger partial charge in [0.25, 0.3) is 0 Å². The van der Waals surface area contributed by atoms with Gasteiger partial charge in [-0.2, -0.15) is 0 Å². The fraction of sp³-hybridized carbons (Fsp3) is 0.778. The number of hydrogen-bond donors (Lipinski definition) is 1. The van der Waals surface area contributed by atoms with Gasteiger partial charge in [-0.15, -0.1) is 11.3 Å². The van der Waals surface area contributed by atoms with E-state index in [0.717, 1.165) is 18.4 Å². The maximum absolute atomic E-state index is 3.81. The van der Waals surface area contributed by atoms with Crippen molar-refractivity contribution in [2.24, 2.45) is 11.8 Å². The van der Waals surface area contributed by atoms with Gasteiger partial charge in [-0.25, -0.2) is 0 Å². The minimum Gasteiger partial charge on any atom is -0.309 e. The summed E-state index contributed by atoms with van der Waals surface area (Å²) in [6, 6.07) is 5.14. The molecule has 1 aliphatic carbocycles. The third-order valence-corrected chi connectivity index (χ3v) is 5.75. The predicted octanol–water partition coefficient (Wildman–Crippen LogP) is 5.79. The molecular weight excluding hydrogens is 262 g/mol. The highest BCUT2D eigenvalue weighted by Crippen LogP contribution is 2.39. The standard InChI is InChI=1S/C18H31NS/c1-3-5-7-15-9-11-16(12-10-15)18(19-13-4-2)17-8-6-14-20-17/h6,8,14-16,18-19H,3-5,7,9-13H2,1-2H3. The first-order valence-electron chi connectivity index (χ1n) is 8.61. The van der Waals surface area contributed by atoms with E-state index in [0.29, 0.717) is 6.04 Å². The first-order valence-corrected chi connectivity index (χ1v) is 9.49. The van der Waals surface area contributed by atoms with Crippen molar-refractivity contribution in [1.29, 1.82) is 0 Å². The van der Waals surface area contributed by atoms with Gasteiger partial charge in [-0.3, -0.25) is 0 Å². The van der Waals surface area contributed by atoms with Gasteiger partial charge in [0, 0.05) is 10.9 Å². The third-order valence-electron chi connectivity index (χ3n) is 4.79. The van der Waals surface area contributed by atoms with Crippen molar-refractivity contribution in [3.05, 3.63) is 22.4 Å². The van der Waals surface area contributed by atoms with Crippen LogP contribution in [0.1, 0.15) is 76.1 Å². The average molecular weight is 294 g/mol. The van der Waals surface area contributed by atoms with Gasteiger partial charge >= 0.3 is 0 Å². The molecule has 20 heavy (non-hydrogen) atoms. The predicted molar refractivity (Wildman–Crippen MR) is 90.3 cm³/mol. The van der Waals surface area contributed by atoms with Crippen molar-refractivity contribution >= 4 is 11.3 Å². The lowest BCUT2D eigenvalue weighted by Gasteiger charge is -2.34. The molecule has 114 valence electrons. The molecule has 1 aliphatic rings. The second-order valence-corrected chi connectivity index (χ2v) is 7.35. The van der Waals surface area contributed by atoms with Crippen LogP contribution in [0.15, 0.2) is 17.5 Å². The summed E-state index contributed by atoms with van der Waals surface area (Å²) < 4.78 is 0. The lowest BCUT2D eigenvalue weighted by atomic mass is 9.76. The number of unbranched alkanes of at least 4 members (excludes halogenated alkanes) is 1. The topological polar surface area (TPSA) is 12.0 Å². The lowest BCUT2D eigenvalue weighted by Crippen LogP contribution is -2.31. The first kappa shape index (κ1) is 16.0. The van der Waals surface area contributed by atoms with Crippen molar-refractivity contribution in [2.45, 2.75) is 71.3 Å². The van der Waals surface area contributed by atoms with Crippen LogP contribution >= 0.6 is 11.3 Å². The monoisotopic (exact) mass is 293 g/mol. The van der Waals surface area contributed by atoms with E-state index in [2.05, 4.69) is 36.7 Å². The fourth-order valence-electron chi connectivity index (χ4n) is 3.57. The van der Waals surface area contributed by atoms with Crippen LogP contribution in [-0.2, 0) is 0 Å². The Kier molecular flexibility index (Phi) is 7.09. The molecule has 1 aromatic heterocycles. The molecule has 0 radical (unpaired) electrons. The van der Waals surface area contributed by atoms with Crippen LogP contribution in [0.4, 0.5) is 0 Å². The summed E-state index contributed by atoms with van der Waals surface area (Å²) in [5, 5.41) is 6.03. The highest BCUT2D eigenvalue weighted by atomic mass is 32.1. The molecule has 1 saturated carbocycles. The largest absolute Gasteiger partial charge is 0.309 e. The van der Waals surface area contributed by atoms with Crippen molar-refractivity contribution < 1.29 is 0 Å². The molecule has 1 atom stereocenters. The van der Waals surface area contributed by atoms with Crippen molar-refractivity contribution in [3.8, 4) is 0 Å². The summed E-state index contributed by atoms with van der Waals surface area (Å²) in [5.41, 5.74) is 0. The van der Waals surface area contributed by atoms with Crippen molar-refractivity contribution in [1.82, 2.24) is 5.32 Å². The molecule has 0 bridgehead atoms. The molecule has 1 aromatic rings. The van der Waals surface area contributed by atoms with Gasteiger partial charge < -0.3 is 5.32 Å². The Morgan fingerprint density at radius 2 is 2.00 bits per heavy atom. The van der Waals surface area contributed by atoms with Gasteiger partial charge in [0.05, 0.1) is 0 Å². The number of rotatable bonds is 8. The highest BCUT2D eigenvalue weighted by molar-refractivity contribution is 7.10. The van der Waals surface area contributed by atoms with Crippen LogP contribution in [0.25, 0.3) is 0 Å². The molecule has 1 heterocycles. The fourth-order valence-corrected chi connectivity index (χ4v) is 4.46. The van der Waals surface area contributed by atoms with E-state index in [4.69, 9.17) is 0 Å². The molecular formula is C18H31NS. The zero-order chi connectivity index (χ0) is 14.2. The molecule has 0 saturated heterocycles. The van der Waals surface area contributed by atoms with Crippen LogP contribution < -0.4 is 5.32 Å². The van der Waals surface area contributed by atoms with E-state index >= 15 is 0 Å². The highest BCUT2D eigenvalue weighted by Gasteiger charge is 2.28. The Morgan fingerprint density at radius 3 is 2.60 bits per heavy atom. The van der Waals surface area contributed by atoms with E-state index in [1.165, 1.54) is 51.4 Å². The van der Waals surface area contributed by atoms with Crippen LogP contribution in [0.3, 0.4) is 0 Å². The minimum atomic E-state index is 0.613. The maximum atomic E-state index is 3.81. The summed E-state index contributed by atoms with van der Waals surface area (Å²) >= 11 is 1.93. The summed E-state index contributed by atoms with van der Waals surface area (Å²) in [4.78, 5) is 1.55. The van der Waals surface area contributed by atoms with E-state index in [1.807, 2.05) is 11.3 Å². The number of hydrogen-bond acceptors (Lipinski definition) is 2. The summed E-state index contributed by atoms with van der Waals surface area (Å²) in [6.07, 6.45) is 11.2. The Morgan fingerprint density at radius 1 is 1.20 bits per heavy atom. The van der Waals surface area contributed by atoms with Crippen LogP contribution in [-0.4, -0.2) is 6.54 Å². The summed E-state index contributed by atoms with van der Waals surface area (Å²) in [7, 11) is 0. The molecule has 1 nitrogen and oxygen atoms in total. The minimum absolute atomic E-state index is 0.613. The molecule has 0 aliphatic heterocycles. The Hall–Kier alpha value is -0.340. The Bertz CT molecular complexity index is 338. The molecule has 2 rings (SSSR count). The SMILES string of the molecule is CCCCC1CCC(C(NCCC)c2cccs2)CC1. The van der Waals surface area contributed by atoms with Gasteiger partial charge in [0.1, 0.15) is 0 Å². The van der Waals surface area contributed by atoms with E-state index in [-0.39, 0.29) is 0 Å². The second-order valence-electron chi connectivity index (χ2n) is 6.37. The van der Waals surface area contributed by atoms with E-state index in [9.17, 15) is 0 Å². The van der Waals surface area contributed by atoms with Crippen LogP contribution in [0.2, 0.25) is 0 Å². The molecule has 1 unspecified atom stereocenters. The number of thiophene rings is 1. The molecule has 0 amide bonds. The molecule has 0 spiro atoms. The van der Waals surface area contributed by atoms with E-state index < -0.39 is 0 Å². The average Bonchev–Trinajstić information content (AvgIpc) is 3.01. The molecule has 2 heteroatoms. The second kappa shape index (κ2) is 8.84. The van der Waals surface area contributed by atoms with Crippen molar-refractivity contribution in [3.63, 3.8) is 0 Å². The summed E-state index contributed by atoms with van der Waals surface area (Å²) in [5.74, 6) is 1.87. The Balaban J connectivity index is 1.87. The first-order chi connectivity index (χ1) is 9.85. The van der Waals surface area contributed by atoms with Gasteiger partial charge in [-0.05, 0) is 49.1 Å². The molecule has 1 fully saturated rings. The third kappa shape index (κ3) is 4.60. The van der Waals surface area contributed by atoms with Crippen molar-refractivity contribution in [2.75, 3.05) is 6.54 Å². The normalized spacial score (nSPS) is 24.7. The maximum Gasteiger partial charge on any atom is 0.0443 e. The molecule has 1 N–H and O–H groups in total. The number of nitrogens with one attached hydrogen (secondary N) is 1. The zero-order valence-electron chi connectivity index (χ0n) is 13.2. The van der Waals surface area contributed by atoms with Crippen LogP contribution in [0, 0.1) is 11.8 Å². The zero-order valence-corrected chi connectivity index (χ0v) is 14.1. The van der Waals surface area contributed by atoms with E-state index in [1.54, 1.807) is 4.88 Å². The molecule has 0 aromatic carbocycles. The smallest absolute Gasteiger partial charge is 0.0443 e. The lowest BCUT2D eigenvalue weighted by molar-refractivity contribution is 0.214. The van der Waals surface area contributed by atoms with Gasteiger partial charge in [-0.1, -0.05) is 52.0 Å².